The lowest BCUT2D eigenvalue weighted by Crippen LogP contribution is -2.15. The Hall–Kier alpha value is -2.49. The minimum Gasteiger partial charge on any atom is -0.424 e. The van der Waals surface area contributed by atoms with Crippen LogP contribution in [0.3, 0.4) is 0 Å². The van der Waals surface area contributed by atoms with E-state index in [-0.39, 0.29) is 6.01 Å². The molecule has 0 aliphatic heterocycles. The number of carbonyl (C=O) groups excluding carboxylic acids is 1. The van der Waals surface area contributed by atoms with Gasteiger partial charge in [0.2, 0.25) is 0 Å². The highest BCUT2D eigenvalue weighted by molar-refractivity contribution is 14.1. The quantitative estimate of drug-likeness (QED) is 0.623. The van der Waals surface area contributed by atoms with E-state index in [1.54, 1.807) is 17.9 Å². The van der Waals surface area contributed by atoms with Gasteiger partial charge in [0, 0.05) is 22.4 Å². The molecule has 0 bridgehead atoms. The molecule has 0 saturated carbocycles. The second kappa shape index (κ2) is 6.10. The van der Waals surface area contributed by atoms with E-state index in [1.807, 2.05) is 24.3 Å². The van der Waals surface area contributed by atoms with Gasteiger partial charge in [-0.1, -0.05) is 0 Å². The lowest BCUT2D eigenvalue weighted by Gasteiger charge is -2.17. The van der Waals surface area contributed by atoms with Crippen molar-refractivity contribution >= 4 is 28.5 Å². The monoisotopic (exact) mass is 447 g/mol. The summed E-state index contributed by atoms with van der Waals surface area (Å²) in [6.07, 6.45) is 3.19. The molecule has 1 amide bonds. The number of carbonyl (C=O) groups is 1. The van der Waals surface area contributed by atoms with Crippen LogP contribution < -0.4 is 10.5 Å². The van der Waals surface area contributed by atoms with E-state index in [0.717, 1.165) is 32.5 Å². The van der Waals surface area contributed by atoms with Gasteiger partial charge in [-0.3, -0.25) is 9.48 Å². The Morgan fingerprint density at radius 2 is 2.04 bits per heavy atom. The maximum atomic E-state index is 11.6. The minimum atomic E-state index is -0.523. The maximum absolute atomic E-state index is 11.6. The highest BCUT2D eigenvalue weighted by atomic mass is 127. The van der Waals surface area contributed by atoms with Crippen molar-refractivity contribution < 1.29 is 9.53 Å². The number of hydrogen-bond donors (Lipinski definition) is 1. The molecule has 1 aliphatic rings. The largest absolute Gasteiger partial charge is 0.424 e. The molecule has 8 heteroatoms. The Bertz CT molecular complexity index is 981. The van der Waals surface area contributed by atoms with Gasteiger partial charge in [-0.25, -0.2) is 4.98 Å². The van der Waals surface area contributed by atoms with E-state index in [0.29, 0.717) is 17.9 Å². The van der Waals surface area contributed by atoms with Gasteiger partial charge >= 0.3 is 6.01 Å². The SMILES string of the molecule is Cn1nc(C(N)=O)c2c1-c1nc(Oc3ccc(I)cc3)ncc1CC2. The minimum absolute atomic E-state index is 0.259. The number of halogens is 1. The topological polar surface area (TPSA) is 95.9 Å². The number of nitrogens with two attached hydrogens (primary N) is 1. The van der Waals surface area contributed by atoms with Crippen LogP contribution in [0.25, 0.3) is 11.4 Å². The highest BCUT2D eigenvalue weighted by Crippen LogP contribution is 2.34. The molecule has 0 saturated heterocycles. The first-order valence-corrected chi connectivity index (χ1v) is 8.76. The predicted octanol–water partition coefficient (Wildman–Crippen LogP) is 2.47. The fourth-order valence-electron chi connectivity index (χ4n) is 2.99. The number of rotatable bonds is 3. The van der Waals surface area contributed by atoms with Gasteiger partial charge in [0.1, 0.15) is 5.75 Å². The van der Waals surface area contributed by atoms with Crippen LogP contribution in [0.2, 0.25) is 0 Å². The second-order valence-electron chi connectivity index (χ2n) is 5.75. The number of primary amides is 1. The maximum Gasteiger partial charge on any atom is 0.322 e. The molecule has 1 aromatic carbocycles. The second-order valence-corrected chi connectivity index (χ2v) is 6.99. The molecule has 1 aliphatic carbocycles. The summed E-state index contributed by atoms with van der Waals surface area (Å²) < 4.78 is 8.53. The Kier molecular flexibility index (Phi) is 3.91. The lowest BCUT2D eigenvalue weighted by atomic mass is 9.93. The van der Waals surface area contributed by atoms with Crippen LogP contribution in [0.15, 0.2) is 30.5 Å². The van der Waals surface area contributed by atoms with E-state index < -0.39 is 5.91 Å². The van der Waals surface area contributed by atoms with Gasteiger partial charge in [0.25, 0.3) is 5.91 Å². The van der Waals surface area contributed by atoms with Crippen molar-refractivity contribution in [2.24, 2.45) is 12.8 Å². The summed E-state index contributed by atoms with van der Waals surface area (Å²) in [6.45, 7) is 0. The fourth-order valence-corrected chi connectivity index (χ4v) is 3.35. The van der Waals surface area contributed by atoms with Gasteiger partial charge in [0.15, 0.2) is 5.69 Å². The van der Waals surface area contributed by atoms with E-state index in [9.17, 15) is 4.79 Å². The van der Waals surface area contributed by atoms with Crippen LogP contribution in [0.5, 0.6) is 11.8 Å². The molecular formula is C17H14IN5O2. The number of fused-ring (bicyclic) bond motifs is 3. The average molecular weight is 447 g/mol. The predicted molar refractivity (Wildman–Crippen MR) is 99.4 cm³/mol. The zero-order valence-electron chi connectivity index (χ0n) is 13.4. The first-order valence-electron chi connectivity index (χ1n) is 7.68. The van der Waals surface area contributed by atoms with Gasteiger partial charge in [-0.15, -0.1) is 0 Å². The zero-order valence-corrected chi connectivity index (χ0v) is 15.5. The molecule has 0 spiro atoms. The van der Waals surface area contributed by atoms with E-state index in [4.69, 9.17) is 10.5 Å². The molecule has 25 heavy (non-hydrogen) atoms. The smallest absolute Gasteiger partial charge is 0.322 e. The summed E-state index contributed by atoms with van der Waals surface area (Å²) in [6, 6.07) is 7.89. The number of amides is 1. The summed E-state index contributed by atoms with van der Waals surface area (Å²) in [4.78, 5) is 20.5. The third-order valence-electron chi connectivity index (χ3n) is 4.11. The van der Waals surface area contributed by atoms with Crippen LogP contribution in [0, 0.1) is 3.57 Å². The molecule has 2 heterocycles. The Morgan fingerprint density at radius 3 is 2.76 bits per heavy atom. The zero-order chi connectivity index (χ0) is 17.6. The molecule has 0 atom stereocenters. The Balaban J connectivity index is 1.76. The van der Waals surface area contributed by atoms with Gasteiger partial charge in [0.05, 0.1) is 11.4 Å². The molecule has 0 radical (unpaired) electrons. The summed E-state index contributed by atoms with van der Waals surface area (Å²) in [5.41, 5.74) is 9.12. The summed E-state index contributed by atoms with van der Waals surface area (Å²) in [7, 11) is 1.78. The van der Waals surface area contributed by atoms with Crippen LogP contribution in [-0.2, 0) is 19.9 Å². The standard InChI is InChI=1S/C17H14IN5O2/c1-23-15-12(14(22-23)16(19)24)7-2-9-8-20-17(21-13(9)15)25-11-5-3-10(18)4-6-11/h3-6,8H,2,7H2,1H3,(H2,19,24). The van der Waals surface area contributed by atoms with Crippen LogP contribution >= 0.6 is 22.6 Å². The molecule has 0 unspecified atom stereocenters. The molecular weight excluding hydrogens is 433 g/mol. The number of ether oxygens (including phenoxy) is 1. The van der Waals surface area contributed by atoms with E-state index in [1.165, 1.54) is 0 Å². The number of nitrogens with zero attached hydrogens (tertiary/aromatic N) is 4. The highest BCUT2D eigenvalue weighted by Gasteiger charge is 2.28. The summed E-state index contributed by atoms with van der Waals surface area (Å²) >= 11 is 2.23. The van der Waals surface area contributed by atoms with Crippen molar-refractivity contribution in [2.75, 3.05) is 0 Å². The third-order valence-corrected chi connectivity index (χ3v) is 4.83. The molecule has 126 valence electrons. The number of benzene rings is 1. The molecule has 2 N–H and O–H groups in total. The van der Waals surface area contributed by atoms with Crippen molar-refractivity contribution in [1.82, 2.24) is 19.7 Å². The Morgan fingerprint density at radius 1 is 1.28 bits per heavy atom. The normalized spacial score (nSPS) is 12.4. The van der Waals surface area contributed by atoms with Crippen molar-refractivity contribution in [3.8, 4) is 23.1 Å². The lowest BCUT2D eigenvalue weighted by molar-refractivity contribution is 0.0994. The summed E-state index contributed by atoms with van der Waals surface area (Å²) in [5, 5.41) is 4.25. The van der Waals surface area contributed by atoms with Crippen LogP contribution in [0.4, 0.5) is 0 Å². The van der Waals surface area contributed by atoms with E-state index >= 15 is 0 Å². The van der Waals surface area contributed by atoms with Crippen LogP contribution in [0.1, 0.15) is 21.6 Å². The van der Waals surface area contributed by atoms with Crippen molar-refractivity contribution in [3.63, 3.8) is 0 Å². The number of aryl methyl sites for hydroxylation is 2. The van der Waals surface area contributed by atoms with Gasteiger partial charge in [-0.2, -0.15) is 10.1 Å². The molecule has 2 aromatic heterocycles. The van der Waals surface area contributed by atoms with Gasteiger partial charge < -0.3 is 10.5 Å². The Labute approximate surface area is 157 Å². The molecule has 0 fully saturated rings. The molecule has 4 rings (SSSR count). The number of aromatic nitrogens is 4. The first kappa shape index (κ1) is 16.0. The van der Waals surface area contributed by atoms with Crippen molar-refractivity contribution in [2.45, 2.75) is 12.8 Å². The number of hydrogen-bond acceptors (Lipinski definition) is 5. The van der Waals surface area contributed by atoms with Crippen LogP contribution in [-0.4, -0.2) is 25.7 Å². The average Bonchev–Trinajstić information content (AvgIpc) is 2.94. The van der Waals surface area contributed by atoms with Crippen molar-refractivity contribution in [3.05, 3.63) is 50.9 Å². The first-order chi connectivity index (χ1) is 12.0. The van der Waals surface area contributed by atoms with Crippen molar-refractivity contribution in [1.29, 1.82) is 0 Å². The molecule has 3 aromatic rings. The molecule has 7 nitrogen and oxygen atoms in total. The third kappa shape index (κ3) is 2.86. The van der Waals surface area contributed by atoms with Gasteiger partial charge in [-0.05, 0) is 65.3 Å². The summed E-state index contributed by atoms with van der Waals surface area (Å²) in [5.74, 6) is 0.143. The fraction of sp³-hybridized carbons (Fsp3) is 0.176. The van der Waals surface area contributed by atoms with E-state index in [2.05, 4.69) is 37.7 Å².